The number of methoxy groups -OCH3 is 2. The van der Waals surface area contributed by atoms with Crippen molar-refractivity contribution < 1.29 is 14.3 Å². The Hall–Kier alpha value is -1.69. The number of carbonyl (C=O) groups excluding carboxylic acids is 1. The molecule has 0 aliphatic heterocycles. The highest BCUT2D eigenvalue weighted by Crippen LogP contribution is 2.36. The first-order valence-corrected chi connectivity index (χ1v) is 7.23. The molecule has 0 bridgehead atoms. The topological polar surface area (TPSA) is 61.5 Å². The van der Waals surface area contributed by atoms with Gasteiger partial charge in [-0.05, 0) is 29.5 Å². The van der Waals surface area contributed by atoms with Crippen LogP contribution in [0.25, 0.3) is 0 Å². The minimum atomic E-state index is -0.0301. The number of thioether (sulfide) groups is 1. The summed E-state index contributed by atoms with van der Waals surface area (Å²) in [5.74, 6) is 1.19. The van der Waals surface area contributed by atoms with Gasteiger partial charge in [-0.25, -0.2) is 0 Å². The van der Waals surface area contributed by atoms with Gasteiger partial charge in [0.2, 0.25) is 5.12 Å². The molecule has 2 rings (SSSR count). The van der Waals surface area contributed by atoms with Crippen LogP contribution in [0.3, 0.4) is 0 Å². The third kappa shape index (κ3) is 4.16. The first-order chi connectivity index (χ1) is 10.2. The monoisotopic (exact) mass is 339 g/mol. The third-order valence-corrected chi connectivity index (χ3v) is 4.02. The van der Waals surface area contributed by atoms with Gasteiger partial charge in [0, 0.05) is 17.0 Å². The van der Waals surface area contributed by atoms with Crippen LogP contribution in [-0.4, -0.2) is 19.3 Å². The van der Waals surface area contributed by atoms with Gasteiger partial charge in [0.1, 0.15) is 0 Å². The summed E-state index contributed by atoms with van der Waals surface area (Å²) < 4.78 is 10.5. The lowest BCUT2D eigenvalue weighted by atomic mass is 10.2. The van der Waals surface area contributed by atoms with Crippen molar-refractivity contribution in [3.63, 3.8) is 0 Å². The van der Waals surface area contributed by atoms with E-state index in [9.17, 15) is 4.79 Å². The number of ether oxygens (including phenoxy) is 2. The zero-order chi connectivity index (χ0) is 15.2. The molecule has 4 nitrogen and oxygen atoms in total. The van der Waals surface area contributed by atoms with Gasteiger partial charge < -0.3 is 15.2 Å². The van der Waals surface area contributed by atoms with E-state index in [4.69, 9.17) is 15.2 Å². The largest absolute Gasteiger partial charge is 0.493 e. The van der Waals surface area contributed by atoms with Gasteiger partial charge in [-0.2, -0.15) is 0 Å². The normalized spacial score (nSPS) is 9.77. The van der Waals surface area contributed by atoms with E-state index >= 15 is 0 Å². The van der Waals surface area contributed by atoms with E-state index < -0.39 is 0 Å². The molecule has 2 N–H and O–H groups in total. The predicted molar refractivity (Wildman–Crippen MR) is 91.3 cm³/mol. The summed E-state index contributed by atoms with van der Waals surface area (Å²) in [6.07, 6.45) is 0. The number of rotatable bonds is 5. The second-order valence-electron chi connectivity index (χ2n) is 4.27. The molecule has 118 valence electrons. The molecule has 0 aliphatic carbocycles. The SMILES string of the molecule is COc1cc(CN)c(SC(=O)c2ccccc2)cc1OC.Cl. The lowest BCUT2D eigenvalue weighted by molar-refractivity contribution is 0.108. The van der Waals surface area contributed by atoms with Gasteiger partial charge in [0.15, 0.2) is 11.5 Å². The van der Waals surface area contributed by atoms with Crippen LogP contribution in [0.2, 0.25) is 0 Å². The standard InChI is InChI=1S/C16H17NO3S.ClH/c1-19-13-8-12(10-17)15(9-14(13)20-2)21-16(18)11-6-4-3-5-7-11;/h3-9H,10,17H2,1-2H3;1H. The number of benzene rings is 2. The maximum Gasteiger partial charge on any atom is 0.224 e. The Kier molecular flexibility index (Phi) is 7.24. The van der Waals surface area contributed by atoms with E-state index in [1.54, 1.807) is 38.5 Å². The molecule has 0 atom stereocenters. The highest BCUT2D eigenvalue weighted by atomic mass is 35.5. The average Bonchev–Trinajstić information content (AvgIpc) is 2.55. The third-order valence-electron chi connectivity index (χ3n) is 3.00. The van der Waals surface area contributed by atoms with Gasteiger partial charge in [0.05, 0.1) is 14.2 Å². The Bertz CT molecular complexity index is 635. The molecule has 0 heterocycles. The van der Waals surface area contributed by atoms with Crippen LogP contribution in [0.1, 0.15) is 15.9 Å². The summed E-state index contributed by atoms with van der Waals surface area (Å²) in [5, 5.41) is -0.0301. The van der Waals surface area contributed by atoms with Crippen molar-refractivity contribution in [2.45, 2.75) is 11.4 Å². The van der Waals surface area contributed by atoms with E-state index in [0.717, 1.165) is 22.2 Å². The second-order valence-corrected chi connectivity index (χ2v) is 5.29. The van der Waals surface area contributed by atoms with Crippen LogP contribution in [0, 0.1) is 0 Å². The number of hydrogen-bond acceptors (Lipinski definition) is 5. The van der Waals surface area contributed by atoms with Crippen molar-refractivity contribution in [2.24, 2.45) is 5.73 Å². The summed E-state index contributed by atoms with van der Waals surface area (Å²) in [5.41, 5.74) is 7.26. The molecular formula is C16H18ClNO3S. The highest BCUT2D eigenvalue weighted by Gasteiger charge is 2.15. The zero-order valence-electron chi connectivity index (χ0n) is 12.4. The molecule has 0 fully saturated rings. The fourth-order valence-electron chi connectivity index (χ4n) is 1.89. The maximum atomic E-state index is 12.3. The number of nitrogens with two attached hydrogens (primary N) is 1. The Labute approximate surface area is 140 Å². The van der Waals surface area contributed by atoms with E-state index in [-0.39, 0.29) is 17.5 Å². The summed E-state index contributed by atoms with van der Waals surface area (Å²) >= 11 is 1.14. The molecule has 0 saturated heterocycles. The molecule has 0 aliphatic rings. The summed E-state index contributed by atoms with van der Waals surface area (Å²) in [7, 11) is 3.13. The Morgan fingerprint density at radius 1 is 1.09 bits per heavy atom. The van der Waals surface area contributed by atoms with Crippen molar-refractivity contribution in [1.82, 2.24) is 0 Å². The van der Waals surface area contributed by atoms with Crippen LogP contribution in [0.5, 0.6) is 11.5 Å². The van der Waals surface area contributed by atoms with Gasteiger partial charge in [-0.1, -0.05) is 30.3 Å². The van der Waals surface area contributed by atoms with Crippen LogP contribution in [0.15, 0.2) is 47.4 Å². The minimum absolute atomic E-state index is 0. The average molecular weight is 340 g/mol. The predicted octanol–water partition coefficient (Wildman–Crippen LogP) is 3.52. The molecule has 2 aromatic rings. The fraction of sp³-hybridized carbons (Fsp3) is 0.188. The fourth-order valence-corrected chi connectivity index (χ4v) is 2.78. The molecule has 0 saturated carbocycles. The van der Waals surface area contributed by atoms with Gasteiger partial charge >= 0.3 is 0 Å². The van der Waals surface area contributed by atoms with Crippen molar-refractivity contribution in [2.75, 3.05) is 14.2 Å². The first-order valence-electron chi connectivity index (χ1n) is 6.41. The van der Waals surface area contributed by atoms with Gasteiger partial charge in [-0.15, -0.1) is 12.4 Å². The molecule has 6 heteroatoms. The van der Waals surface area contributed by atoms with Crippen molar-refractivity contribution in [3.05, 3.63) is 53.6 Å². The molecule has 0 spiro atoms. The zero-order valence-corrected chi connectivity index (χ0v) is 14.0. The Morgan fingerprint density at radius 2 is 1.68 bits per heavy atom. The Balaban J connectivity index is 0.00000242. The van der Waals surface area contributed by atoms with Crippen LogP contribution in [0.4, 0.5) is 0 Å². The molecule has 2 aromatic carbocycles. The molecule has 0 unspecified atom stereocenters. The number of halogens is 1. The second kappa shape index (κ2) is 8.68. The smallest absolute Gasteiger partial charge is 0.224 e. The van der Waals surface area contributed by atoms with Crippen LogP contribution in [-0.2, 0) is 6.54 Å². The van der Waals surface area contributed by atoms with Crippen molar-refractivity contribution in [3.8, 4) is 11.5 Å². The van der Waals surface area contributed by atoms with Crippen LogP contribution < -0.4 is 15.2 Å². The number of hydrogen-bond donors (Lipinski definition) is 1. The lowest BCUT2D eigenvalue weighted by Crippen LogP contribution is -2.02. The first kappa shape index (κ1) is 18.4. The van der Waals surface area contributed by atoms with E-state index in [1.165, 1.54) is 0 Å². The summed E-state index contributed by atoms with van der Waals surface area (Å²) in [6, 6.07) is 12.7. The summed E-state index contributed by atoms with van der Waals surface area (Å²) in [6.45, 7) is 0.324. The van der Waals surface area contributed by atoms with Crippen molar-refractivity contribution in [1.29, 1.82) is 0 Å². The van der Waals surface area contributed by atoms with E-state index in [0.29, 0.717) is 23.6 Å². The Morgan fingerprint density at radius 3 is 2.23 bits per heavy atom. The molecule has 0 radical (unpaired) electrons. The van der Waals surface area contributed by atoms with Crippen molar-refractivity contribution >= 4 is 29.3 Å². The molecule has 0 amide bonds. The number of carbonyl (C=O) groups is 1. The van der Waals surface area contributed by atoms with Gasteiger partial charge in [0.25, 0.3) is 0 Å². The maximum absolute atomic E-state index is 12.3. The lowest BCUT2D eigenvalue weighted by Gasteiger charge is -2.13. The van der Waals surface area contributed by atoms with E-state index in [1.807, 2.05) is 18.2 Å². The highest BCUT2D eigenvalue weighted by molar-refractivity contribution is 8.14. The van der Waals surface area contributed by atoms with Crippen LogP contribution >= 0.6 is 24.2 Å². The molecule has 0 aromatic heterocycles. The molecular weight excluding hydrogens is 322 g/mol. The quantitative estimate of drug-likeness (QED) is 0.844. The molecule has 22 heavy (non-hydrogen) atoms. The van der Waals surface area contributed by atoms with E-state index in [2.05, 4.69) is 0 Å². The minimum Gasteiger partial charge on any atom is -0.493 e. The van der Waals surface area contributed by atoms with Gasteiger partial charge in [-0.3, -0.25) is 4.79 Å². The summed E-state index contributed by atoms with van der Waals surface area (Å²) in [4.78, 5) is 13.1.